The van der Waals surface area contributed by atoms with E-state index in [1.165, 1.54) is 12.1 Å². The number of rotatable bonds is 4. The summed E-state index contributed by atoms with van der Waals surface area (Å²) in [6.07, 6.45) is 0. The fraction of sp³-hybridized carbons (Fsp3) is 0.333. The van der Waals surface area contributed by atoms with Crippen molar-refractivity contribution >= 4 is 17.4 Å². The van der Waals surface area contributed by atoms with Crippen molar-refractivity contribution in [1.82, 2.24) is 9.78 Å². The van der Waals surface area contributed by atoms with E-state index in [0.29, 0.717) is 17.1 Å². The molecule has 0 saturated heterocycles. The molecule has 1 aromatic carbocycles. The van der Waals surface area contributed by atoms with Crippen molar-refractivity contribution in [3.63, 3.8) is 0 Å². The minimum absolute atomic E-state index is 0.0292. The number of benzene rings is 1. The number of carbonyl (C=O) groups excluding carboxylic acids is 1. The largest absolute Gasteiger partial charge is 0.373 e. The highest BCUT2D eigenvalue weighted by Gasteiger charge is 2.28. The lowest BCUT2D eigenvalue weighted by Gasteiger charge is -2.22. The summed E-state index contributed by atoms with van der Waals surface area (Å²) in [5.74, 6) is -0.100. The van der Waals surface area contributed by atoms with E-state index in [1.54, 1.807) is 23.9 Å². The highest BCUT2D eigenvalue weighted by molar-refractivity contribution is 6.03. The predicted octanol–water partition coefficient (Wildman–Crippen LogP) is 2.35. The van der Waals surface area contributed by atoms with Crippen LogP contribution in [-0.4, -0.2) is 27.7 Å². The molecule has 1 aromatic heterocycles. The van der Waals surface area contributed by atoms with Gasteiger partial charge in [-0.05, 0) is 32.9 Å². The number of anilines is 1. The van der Waals surface area contributed by atoms with E-state index in [2.05, 4.69) is 10.4 Å². The molecule has 0 radical (unpaired) electrons. The zero-order valence-electron chi connectivity index (χ0n) is 13.5. The molecule has 8 nitrogen and oxygen atoms in total. The number of nitrogens with zero attached hydrogens (tertiary/aromatic N) is 3. The molecule has 0 spiro atoms. The van der Waals surface area contributed by atoms with Crippen molar-refractivity contribution in [3.05, 3.63) is 39.9 Å². The number of non-ortho nitro benzene ring substituents is 1. The zero-order valence-corrected chi connectivity index (χ0v) is 13.5. The van der Waals surface area contributed by atoms with Crippen LogP contribution in [0.25, 0.3) is 11.3 Å². The molecule has 23 heavy (non-hydrogen) atoms. The summed E-state index contributed by atoms with van der Waals surface area (Å²) in [5.41, 5.74) is 6.36. The number of aromatic nitrogens is 2. The monoisotopic (exact) mass is 317 g/mol. The van der Waals surface area contributed by atoms with Crippen LogP contribution in [0.3, 0.4) is 0 Å². The zero-order chi connectivity index (χ0) is 17.4. The average Bonchev–Trinajstić information content (AvgIpc) is 2.87. The SMILES string of the molecule is CNc1c(C(N)=O)c(-c2ccc([N+](=O)[O-])cc2)nn1C(C)(C)C. The molecule has 0 aliphatic rings. The molecule has 0 bridgehead atoms. The lowest BCUT2D eigenvalue weighted by atomic mass is 10.1. The number of hydrogen-bond acceptors (Lipinski definition) is 5. The molecule has 0 fully saturated rings. The van der Waals surface area contributed by atoms with Crippen LogP contribution < -0.4 is 11.1 Å². The minimum atomic E-state index is -0.613. The lowest BCUT2D eigenvalue weighted by molar-refractivity contribution is -0.384. The summed E-state index contributed by atoms with van der Waals surface area (Å²) in [7, 11) is 1.69. The number of amides is 1. The van der Waals surface area contributed by atoms with Gasteiger partial charge in [-0.3, -0.25) is 14.9 Å². The Bertz CT molecular complexity index is 757. The van der Waals surface area contributed by atoms with Crippen LogP contribution in [0.1, 0.15) is 31.1 Å². The standard InChI is InChI=1S/C15H19N5O3/c1-15(2,3)19-14(17-4)11(13(16)21)12(18-19)9-5-7-10(8-6-9)20(22)23/h5-8,17H,1-4H3,(H2,16,21). The van der Waals surface area contributed by atoms with E-state index in [9.17, 15) is 14.9 Å². The van der Waals surface area contributed by atoms with E-state index in [-0.39, 0.29) is 16.8 Å². The Morgan fingerprint density at radius 1 is 1.30 bits per heavy atom. The first-order valence-electron chi connectivity index (χ1n) is 7.02. The Morgan fingerprint density at radius 2 is 1.87 bits per heavy atom. The average molecular weight is 317 g/mol. The molecular formula is C15H19N5O3. The second kappa shape index (κ2) is 5.71. The first-order chi connectivity index (χ1) is 10.7. The molecule has 122 valence electrons. The molecule has 0 aliphatic carbocycles. The first-order valence-corrected chi connectivity index (χ1v) is 7.02. The molecule has 1 amide bonds. The van der Waals surface area contributed by atoms with Gasteiger partial charge in [0.2, 0.25) is 0 Å². The highest BCUT2D eigenvalue weighted by Crippen LogP contribution is 2.32. The molecule has 0 unspecified atom stereocenters. The molecule has 0 atom stereocenters. The Balaban J connectivity index is 2.68. The Kier molecular flexibility index (Phi) is 4.09. The number of nitro benzene ring substituents is 1. The molecule has 2 rings (SSSR count). The van der Waals surface area contributed by atoms with Gasteiger partial charge in [0.25, 0.3) is 11.6 Å². The van der Waals surface area contributed by atoms with Gasteiger partial charge in [-0.25, -0.2) is 4.68 Å². The third-order valence-electron chi connectivity index (χ3n) is 3.36. The summed E-state index contributed by atoms with van der Waals surface area (Å²) in [5, 5.41) is 18.2. The van der Waals surface area contributed by atoms with Gasteiger partial charge in [-0.1, -0.05) is 0 Å². The van der Waals surface area contributed by atoms with Crippen molar-refractivity contribution in [2.75, 3.05) is 12.4 Å². The number of nitro groups is 1. The van der Waals surface area contributed by atoms with Gasteiger partial charge < -0.3 is 11.1 Å². The van der Waals surface area contributed by atoms with E-state index in [0.717, 1.165) is 0 Å². The van der Waals surface area contributed by atoms with E-state index >= 15 is 0 Å². The van der Waals surface area contributed by atoms with Crippen molar-refractivity contribution in [3.8, 4) is 11.3 Å². The fourth-order valence-corrected chi connectivity index (χ4v) is 2.31. The second-order valence-corrected chi connectivity index (χ2v) is 6.07. The number of nitrogens with one attached hydrogen (secondary N) is 1. The van der Waals surface area contributed by atoms with Gasteiger partial charge in [0, 0.05) is 24.7 Å². The van der Waals surface area contributed by atoms with Crippen molar-refractivity contribution < 1.29 is 9.72 Å². The van der Waals surface area contributed by atoms with E-state index < -0.39 is 10.8 Å². The van der Waals surface area contributed by atoms with Crippen LogP contribution in [-0.2, 0) is 5.54 Å². The van der Waals surface area contributed by atoms with E-state index in [4.69, 9.17) is 5.73 Å². The second-order valence-electron chi connectivity index (χ2n) is 6.07. The van der Waals surface area contributed by atoms with Gasteiger partial charge in [0.05, 0.1) is 10.5 Å². The van der Waals surface area contributed by atoms with Crippen LogP contribution in [0.2, 0.25) is 0 Å². The summed E-state index contributed by atoms with van der Waals surface area (Å²) >= 11 is 0. The predicted molar refractivity (Wildman–Crippen MR) is 87.4 cm³/mol. The van der Waals surface area contributed by atoms with E-state index in [1.807, 2.05) is 20.8 Å². The van der Waals surface area contributed by atoms with Crippen LogP contribution in [0, 0.1) is 10.1 Å². The fourth-order valence-electron chi connectivity index (χ4n) is 2.31. The maximum atomic E-state index is 11.9. The van der Waals surface area contributed by atoms with Gasteiger partial charge in [0.1, 0.15) is 17.1 Å². The molecule has 0 saturated carbocycles. The van der Waals surface area contributed by atoms with Gasteiger partial charge >= 0.3 is 0 Å². The maximum Gasteiger partial charge on any atom is 0.269 e. The Labute approximate surface area is 133 Å². The van der Waals surface area contributed by atoms with Gasteiger partial charge in [-0.2, -0.15) is 5.10 Å². The topological polar surface area (TPSA) is 116 Å². The van der Waals surface area contributed by atoms with Crippen LogP contribution >= 0.6 is 0 Å². The molecule has 3 N–H and O–H groups in total. The molecule has 1 heterocycles. The van der Waals surface area contributed by atoms with Gasteiger partial charge in [-0.15, -0.1) is 0 Å². The van der Waals surface area contributed by atoms with Gasteiger partial charge in [0.15, 0.2) is 0 Å². The van der Waals surface area contributed by atoms with Crippen molar-refractivity contribution in [2.24, 2.45) is 5.73 Å². The number of nitrogens with two attached hydrogens (primary N) is 1. The molecular weight excluding hydrogens is 298 g/mol. The summed E-state index contributed by atoms with van der Waals surface area (Å²) in [4.78, 5) is 22.2. The molecule has 0 aliphatic heterocycles. The van der Waals surface area contributed by atoms with Crippen molar-refractivity contribution in [1.29, 1.82) is 0 Å². The quantitative estimate of drug-likeness (QED) is 0.663. The van der Waals surface area contributed by atoms with Crippen LogP contribution in [0.5, 0.6) is 0 Å². The smallest absolute Gasteiger partial charge is 0.269 e. The normalized spacial score (nSPS) is 11.3. The lowest BCUT2D eigenvalue weighted by Crippen LogP contribution is -2.25. The third kappa shape index (κ3) is 3.01. The van der Waals surface area contributed by atoms with Crippen LogP contribution in [0.4, 0.5) is 11.5 Å². The number of hydrogen-bond donors (Lipinski definition) is 2. The Morgan fingerprint density at radius 3 is 2.26 bits per heavy atom. The Hall–Kier alpha value is -2.90. The molecule has 8 heteroatoms. The highest BCUT2D eigenvalue weighted by atomic mass is 16.6. The third-order valence-corrected chi connectivity index (χ3v) is 3.36. The van der Waals surface area contributed by atoms with Crippen LogP contribution in [0.15, 0.2) is 24.3 Å². The number of carbonyl (C=O) groups is 1. The summed E-state index contributed by atoms with van der Waals surface area (Å²) < 4.78 is 1.68. The van der Waals surface area contributed by atoms with Crippen molar-refractivity contribution in [2.45, 2.75) is 26.3 Å². The minimum Gasteiger partial charge on any atom is -0.373 e. The maximum absolute atomic E-state index is 11.9. The summed E-state index contributed by atoms with van der Waals surface area (Å²) in [6, 6.07) is 5.85. The molecule has 2 aromatic rings. The summed E-state index contributed by atoms with van der Waals surface area (Å²) in [6.45, 7) is 5.85. The first kappa shape index (κ1) is 16.5. The number of primary amides is 1.